The number of carbonyl (C=O) groups excluding carboxylic acids is 1. The molecule has 3 nitrogen and oxygen atoms in total. The highest BCUT2D eigenvalue weighted by Gasteiger charge is 2.12. The van der Waals surface area contributed by atoms with Gasteiger partial charge in [-0.2, -0.15) is 0 Å². The van der Waals surface area contributed by atoms with Crippen LogP contribution in [0.3, 0.4) is 0 Å². The number of nitrogens with two attached hydrogens (primary N) is 1. The Morgan fingerprint density at radius 2 is 2.00 bits per heavy atom. The Morgan fingerprint density at radius 1 is 1.35 bits per heavy atom. The average molecular weight is 234 g/mol. The van der Waals surface area contributed by atoms with E-state index in [2.05, 4.69) is 26.1 Å². The molecule has 0 aliphatic rings. The van der Waals surface area contributed by atoms with Crippen LogP contribution in [0.4, 0.5) is 5.69 Å². The summed E-state index contributed by atoms with van der Waals surface area (Å²) in [5.74, 6) is 0.936. The number of nitrogen functional groups attached to an aromatic ring is 1. The second kappa shape index (κ2) is 5.71. The van der Waals surface area contributed by atoms with Crippen LogP contribution in [0.15, 0.2) is 18.2 Å². The number of aryl methyl sites for hydroxylation is 1. The highest BCUT2D eigenvalue weighted by Crippen LogP contribution is 2.14. The third-order valence-corrected chi connectivity index (χ3v) is 3.17. The lowest BCUT2D eigenvalue weighted by Crippen LogP contribution is -2.30. The maximum absolute atomic E-state index is 11.9. The van der Waals surface area contributed by atoms with Crippen LogP contribution in [0.5, 0.6) is 0 Å². The fourth-order valence-corrected chi connectivity index (χ4v) is 1.47. The van der Waals surface area contributed by atoms with Gasteiger partial charge in [0.2, 0.25) is 0 Å². The van der Waals surface area contributed by atoms with Crippen LogP contribution in [0.25, 0.3) is 0 Å². The van der Waals surface area contributed by atoms with Gasteiger partial charge in [-0.15, -0.1) is 0 Å². The second-order valence-electron chi connectivity index (χ2n) is 5.02. The number of anilines is 1. The molecule has 1 amide bonds. The van der Waals surface area contributed by atoms with Crippen LogP contribution >= 0.6 is 0 Å². The number of nitrogens with one attached hydrogen (secondary N) is 1. The Morgan fingerprint density at radius 3 is 2.53 bits per heavy atom. The number of amides is 1. The molecule has 0 fully saturated rings. The van der Waals surface area contributed by atoms with E-state index in [1.165, 1.54) is 0 Å². The fourth-order valence-electron chi connectivity index (χ4n) is 1.47. The summed E-state index contributed by atoms with van der Waals surface area (Å²) >= 11 is 0. The van der Waals surface area contributed by atoms with Gasteiger partial charge in [-0.3, -0.25) is 4.79 Å². The topological polar surface area (TPSA) is 55.1 Å². The van der Waals surface area contributed by atoms with Crippen molar-refractivity contribution in [3.63, 3.8) is 0 Å². The normalized spacial score (nSPS) is 12.5. The predicted octanol–water partition coefficient (Wildman–Crippen LogP) is 2.60. The molecule has 0 radical (unpaired) electrons. The number of benzene rings is 1. The van der Waals surface area contributed by atoms with E-state index < -0.39 is 0 Å². The summed E-state index contributed by atoms with van der Waals surface area (Å²) in [6.45, 7) is 9.07. The number of rotatable bonds is 4. The summed E-state index contributed by atoms with van der Waals surface area (Å²) in [5.41, 5.74) is 8.00. The minimum atomic E-state index is -0.0880. The van der Waals surface area contributed by atoms with Crippen LogP contribution < -0.4 is 11.1 Å². The molecule has 3 heteroatoms. The summed E-state index contributed by atoms with van der Waals surface area (Å²) in [6, 6.07) is 5.50. The van der Waals surface area contributed by atoms with Gasteiger partial charge in [0.25, 0.3) is 5.91 Å². The highest BCUT2D eigenvalue weighted by molar-refractivity contribution is 5.99. The van der Waals surface area contributed by atoms with Crippen molar-refractivity contribution in [2.45, 2.75) is 27.7 Å². The van der Waals surface area contributed by atoms with E-state index in [4.69, 9.17) is 5.73 Å². The first-order valence-electron chi connectivity index (χ1n) is 6.06. The third kappa shape index (κ3) is 3.77. The molecule has 0 aromatic heterocycles. The average Bonchev–Trinajstić information content (AvgIpc) is 2.25. The number of carbonyl (C=O) groups is 1. The molecule has 1 aromatic rings. The zero-order chi connectivity index (χ0) is 13.0. The monoisotopic (exact) mass is 234 g/mol. The van der Waals surface area contributed by atoms with Crippen molar-refractivity contribution in [1.29, 1.82) is 0 Å². The third-order valence-electron chi connectivity index (χ3n) is 3.17. The van der Waals surface area contributed by atoms with Crippen molar-refractivity contribution >= 4 is 11.6 Å². The minimum absolute atomic E-state index is 0.0880. The van der Waals surface area contributed by atoms with Gasteiger partial charge in [-0.1, -0.05) is 26.8 Å². The van der Waals surface area contributed by atoms with Gasteiger partial charge in [0, 0.05) is 12.2 Å². The van der Waals surface area contributed by atoms with Crippen molar-refractivity contribution in [1.82, 2.24) is 5.32 Å². The molecule has 94 valence electrons. The summed E-state index contributed by atoms with van der Waals surface area (Å²) in [7, 11) is 0. The molecule has 17 heavy (non-hydrogen) atoms. The minimum Gasteiger partial charge on any atom is -0.398 e. The highest BCUT2D eigenvalue weighted by atomic mass is 16.1. The zero-order valence-corrected chi connectivity index (χ0v) is 11.1. The van der Waals surface area contributed by atoms with Gasteiger partial charge >= 0.3 is 0 Å². The van der Waals surface area contributed by atoms with Crippen LogP contribution in [0, 0.1) is 18.8 Å². The molecule has 0 saturated carbocycles. The first-order chi connectivity index (χ1) is 7.91. The molecule has 0 saturated heterocycles. The van der Waals surface area contributed by atoms with Crippen molar-refractivity contribution < 1.29 is 4.79 Å². The molecule has 0 aliphatic heterocycles. The molecule has 0 heterocycles. The lowest BCUT2D eigenvalue weighted by molar-refractivity contribution is 0.0946. The van der Waals surface area contributed by atoms with E-state index >= 15 is 0 Å². The molecule has 1 aromatic carbocycles. The van der Waals surface area contributed by atoms with E-state index in [1.807, 2.05) is 19.1 Å². The second-order valence-corrected chi connectivity index (χ2v) is 5.02. The Bertz CT molecular complexity index is 399. The summed E-state index contributed by atoms with van der Waals surface area (Å²) in [5, 5.41) is 2.92. The van der Waals surface area contributed by atoms with Gasteiger partial charge < -0.3 is 11.1 Å². The summed E-state index contributed by atoms with van der Waals surface area (Å²) < 4.78 is 0. The van der Waals surface area contributed by atoms with Crippen molar-refractivity contribution in [2.24, 2.45) is 11.8 Å². The molecule has 0 spiro atoms. The van der Waals surface area contributed by atoms with Crippen molar-refractivity contribution in [2.75, 3.05) is 12.3 Å². The Kier molecular flexibility index (Phi) is 4.55. The Labute approximate surface area is 103 Å². The van der Waals surface area contributed by atoms with Gasteiger partial charge in [-0.05, 0) is 36.5 Å². The molecule has 3 N–H and O–H groups in total. The van der Waals surface area contributed by atoms with E-state index in [-0.39, 0.29) is 5.91 Å². The van der Waals surface area contributed by atoms with E-state index in [0.717, 1.165) is 5.56 Å². The fraction of sp³-hybridized carbons (Fsp3) is 0.500. The van der Waals surface area contributed by atoms with Crippen LogP contribution in [-0.2, 0) is 0 Å². The largest absolute Gasteiger partial charge is 0.398 e. The first-order valence-corrected chi connectivity index (χ1v) is 6.06. The van der Waals surface area contributed by atoms with Gasteiger partial charge in [0.15, 0.2) is 0 Å². The molecule has 0 aliphatic carbocycles. The van der Waals surface area contributed by atoms with Crippen molar-refractivity contribution in [3.8, 4) is 0 Å². The molecular formula is C14H22N2O. The van der Waals surface area contributed by atoms with Crippen LogP contribution in [0.1, 0.15) is 36.7 Å². The van der Waals surface area contributed by atoms with E-state index in [1.54, 1.807) is 6.07 Å². The maximum Gasteiger partial charge on any atom is 0.253 e. The molecule has 0 bridgehead atoms. The summed E-state index contributed by atoms with van der Waals surface area (Å²) in [6.07, 6.45) is 0. The molecule has 1 rings (SSSR count). The smallest absolute Gasteiger partial charge is 0.253 e. The van der Waals surface area contributed by atoms with Gasteiger partial charge in [0.1, 0.15) is 0 Å². The lowest BCUT2D eigenvalue weighted by Gasteiger charge is -2.16. The number of hydrogen-bond donors (Lipinski definition) is 2. The van der Waals surface area contributed by atoms with E-state index in [9.17, 15) is 4.79 Å². The van der Waals surface area contributed by atoms with E-state index in [0.29, 0.717) is 29.6 Å². The van der Waals surface area contributed by atoms with Gasteiger partial charge in [-0.25, -0.2) is 0 Å². The zero-order valence-electron chi connectivity index (χ0n) is 11.1. The van der Waals surface area contributed by atoms with Gasteiger partial charge in [0.05, 0.1) is 5.56 Å². The Hall–Kier alpha value is -1.51. The lowest BCUT2D eigenvalue weighted by atomic mass is 9.98. The Balaban J connectivity index is 2.64. The SMILES string of the molecule is Cc1ccc(C(=O)NCC(C)C(C)C)c(N)c1. The van der Waals surface area contributed by atoms with Crippen LogP contribution in [-0.4, -0.2) is 12.5 Å². The van der Waals surface area contributed by atoms with Crippen molar-refractivity contribution in [3.05, 3.63) is 29.3 Å². The molecule has 1 unspecified atom stereocenters. The number of hydrogen-bond acceptors (Lipinski definition) is 2. The maximum atomic E-state index is 11.9. The first kappa shape index (κ1) is 13.6. The standard InChI is InChI=1S/C14H22N2O/c1-9(2)11(4)8-16-14(17)12-6-5-10(3)7-13(12)15/h5-7,9,11H,8,15H2,1-4H3,(H,16,17). The predicted molar refractivity (Wildman–Crippen MR) is 71.9 cm³/mol. The quantitative estimate of drug-likeness (QED) is 0.787. The molecule has 1 atom stereocenters. The summed E-state index contributed by atoms with van der Waals surface area (Å²) in [4.78, 5) is 11.9. The van der Waals surface area contributed by atoms with Crippen LogP contribution in [0.2, 0.25) is 0 Å². The molecular weight excluding hydrogens is 212 g/mol.